The number of hydrogen-bond donors (Lipinski definition) is 1. The highest BCUT2D eigenvalue weighted by atomic mass is 32.1. The van der Waals surface area contributed by atoms with Crippen molar-refractivity contribution in [3.63, 3.8) is 0 Å². The van der Waals surface area contributed by atoms with Gasteiger partial charge in [0.25, 0.3) is 0 Å². The van der Waals surface area contributed by atoms with E-state index in [4.69, 9.17) is 9.72 Å². The lowest BCUT2D eigenvalue weighted by Crippen LogP contribution is -2.14. The van der Waals surface area contributed by atoms with E-state index in [1.165, 1.54) is 22.0 Å². The predicted octanol–water partition coefficient (Wildman–Crippen LogP) is 2.96. The normalized spacial score (nSPS) is 11.4. The fourth-order valence-electron chi connectivity index (χ4n) is 1.67. The van der Waals surface area contributed by atoms with Gasteiger partial charge in [-0.15, -0.1) is 11.3 Å². The molecule has 1 N–H and O–H groups in total. The van der Waals surface area contributed by atoms with Gasteiger partial charge in [0.2, 0.25) is 0 Å². The molecule has 3 nitrogen and oxygen atoms in total. The molecule has 0 aliphatic heterocycles. The van der Waals surface area contributed by atoms with Crippen LogP contribution in [-0.4, -0.2) is 25.2 Å². The lowest BCUT2D eigenvalue weighted by Gasteiger charge is -2.05. The van der Waals surface area contributed by atoms with Crippen molar-refractivity contribution in [2.24, 2.45) is 0 Å². The van der Waals surface area contributed by atoms with Crippen LogP contribution in [0.1, 0.15) is 48.7 Å². The molecule has 1 heterocycles. The highest BCUT2D eigenvalue weighted by molar-refractivity contribution is 7.11. The molecule has 1 aromatic rings. The monoisotopic (exact) mass is 256 g/mol. The first kappa shape index (κ1) is 14.6. The molecule has 0 saturated carbocycles. The van der Waals surface area contributed by atoms with Crippen molar-refractivity contribution in [1.29, 1.82) is 0 Å². The molecule has 0 amide bonds. The predicted molar refractivity (Wildman–Crippen MR) is 73.8 cm³/mol. The van der Waals surface area contributed by atoms with Gasteiger partial charge < -0.3 is 10.1 Å². The van der Waals surface area contributed by atoms with Gasteiger partial charge in [0.05, 0.1) is 17.3 Å². The van der Waals surface area contributed by atoms with Crippen LogP contribution in [0.25, 0.3) is 0 Å². The van der Waals surface area contributed by atoms with Crippen molar-refractivity contribution in [3.8, 4) is 0 Å². The number of methoxy groups -OCH3 is 1. The number of thiazole rings is 1. The van der Waals surface area contributed by atoms with Gasteiger partial charge in [-0.2, -0.15) is 0 Å². The molecule has 0 bridgehead atoms. The van der Waals surface area contributed by atoms with Gasteiger partial charge in [-0.3, -0.25) is 0 Å². The summed E-state index contributed by atoms with van der Waals surface area (Å²) in [6, 6.07) is 0. The zero-order chi connectivity index (χ0) is 12.7. The van der Waals surface area contributed by atoms with E-state index in [1.54, 1.807) is 7.11 Å². The van der Waals surface area contributed by atoms with Crippen LogP contribution < -0.4 is 5.32 Å². The Kier molecular flexibility index (Phi) is 6.70. The third kappa shape index (κ3) is 4.74. The Morgan fingerprint density at radius 1 is 1.41 bits per heavy atom. The largest absolute Gasteiger partial charge is 0.384 e. The summed E-state index contributed by atoms with van der Waals surface area (Å²) in [6.07, 6.45) is 2.10. The van der Waals surface area contributed by atoms with Crippen molar-refractivity contribution in [2.75, 3.05) is 20.3 Å². The molecular formula is C13H24N2OS. The fraction of sp³-hybridized carbons (Fsp3) is 0.769. The number of nitrogens with one attached hydrogen (secondary N) is 1. The van der Waals surface area contributed by atoms with E-state index in [1.807, 2.05) is 11.3 Å². The van der Waals surface area contributed by atoms with E-state index in [0.717, 1.165) is 26.1 Å². The van der Waals surface area contributed by atoms with Gasteiger partial charge in [-0.1, -0.05) is 20.8 Å². The molecule has 0 radical (unpaired) electrons. The molecule has 0 atom stereocenters. The van der Waals surface area contributed by atoms with Gasteiger partial charge in [-0.25, -0.2) is 4.98 Å². The second-order valence-corrected chi connectivity index (χ2v) is 5.66. The van der Waals surface area contributed by atoms with Gasteiger partial charge in [0, 0.05) is 25.0 Å². The van der Waals surface area contributed by atoms with Crippen molar-refractivity contribution in [1.82, 2.24) is 10.3 Å². The molecular weight excluding hydrogens is 232 g/mol. The second kappa shape index (κ2) is 7.80. The molecule has 0 unspecified atom stereocenters. The third-order valence-electron chi connectivity index (χ3n) is 2.55. The Morgan fingerprint density at radius 2 is 2.18 bits per heavy atom. The standard InChI is InChI=1S/C13H24N2OS/c1-5-7-14-9-11-13(10(2)3)15-12(17-11)6-8-16-4/h10,14H,5-9H2,1-4H3. The number of aromatic nitrogens is 1. The average Bonchev–Trinajstić information content (AvgIpc) is 2.70. The van der Waals surface area contributed by atoms with E-state index in [2.05, 4.69) is 26.1 Å². The van der Waals surface area contributed by atoms with Crippen LogP contribution in [0.4, 0.5) is 0 Å². The summed E-state index contributed by atoms with van der Waals surface area (Å²) in [5.74, 6) is 0.501. The van der Waals surface area contributed by atoms with Crippen LogP contribution in [0.5, 0.6) is 0 Å². The number of rotatable bonds is 8. The average molecular weight is 256 g/mol. The lowest BCUT2D eigenvalue weighted by atomic mass is 10.1. The minimum atomic E-state index is 0.501. The maximum Gasteiger partial charge on any atom is 0.0954 e. The first-order valence-electron chi connectivity index (χ1n) is 6.37. The highest BCUT2D eigenvalue weighted by Gasteiger charge is 2.13. The number of hydrogen-bond acceptors (Lipinski definition) is 4. The Hall–Kier alpha value is -0.450. The van der Waals surface area contributed by atoms with Crippen LogP contribution in [-0.2, 0) is 17.7 Å². The van der Waals surface area contributed by atoms with Gasteiger partial charge in [0.1, 0.15) is 0 Å². The summed E-state index contributed by atoms with van der Waals surface area (Å²) in [5, 5.41) is 4.65. The Balaban J connectivity index is 2.67. The van der Waals surface area contributed by atoms with E-state index in [-0.39, 0.29) is 0 Å². The van der Waals surface area contributed by atoms with Crippen LogP contribution >= 0.6 is 11.3 Å². The molecule has 0 aliphatic rings. The highest BCUT2D eigenvalue weighted by Crippen LogP contribution is 2.25. The Morgan fingerprint density at radius 3 is 2.76 bits per heavy atom. The lowest BCUT2D eigenvalue weighted by molar-refractivity contribution is 0.202. The summed E-state index contributed by atoms with van der Waals surface area (Å²) in [6.45, 7) is 9.38. The first-order chi connectivity index (χ1) is 8.19. The van der Waals surface area contributed by atoms with Crippen LogP contribution in [0.3, 0.4) is 0 Å². The maximum atomic E-state index is 5.10. The van der Waals surface area contributed by atoms with E-state index in [0.29, 0.717) is 5.92 Å². The summed E-state index contributed by atoms with van der Waals surface area (Å²) in [7, 11) is 1.74. The minimum Gasteiger partial charge on any atom is -0.384 e. The molecule has 0 aliphatic carbocycles. The van der Waals surface area contributed by atoms with E-state index < -0.39 is 0 Å². The van der Waals surface area contributed by atoms with Crippen LogP contribution in [0, 0.1) is 0 Å². The topological polar surface area (TPSA) is 34.1 Å². The zero-order valence-corrected chi connectivity index (χ0v) is 12.2. The molecule has 17 heavy (non-hydrogen) atoms. The first-order valence-corrected chi connectivity index (χ1v) is 7.18. The van der Waals surface area contributed by atoms with Crippen LogP contribution in [0.2, 0.25) is 0 Å². The maximum absolute atomic E-state index is 5.10. The van der Waals surface area contributed by atoms with Crippen molar-refractivity contribution >= 4 is 11.3 Å². The Bertz CT molecular complexity index is 323. The summed E-state index contributed by atoms with van der Waals surface area (Å²) in [4.78, 5) is 6.11. The Labute approximate surface area is 109 Å². The summed E-state index contributed by atoms with van der Waals surface area (Å²) in [5.41, 5.74) is 1.25. The molecule has 98 valence electrons. The summed E-state index contributed by atoms with van der Waals surface area (Å²) >= 11 is 1.82. The quantitative estimate of drug-likeness (QED) is 0.726. The van der Waals surface area contributed by atoms with E-state index >= 15 is 0 Å². The van der Waals surface area contributed by atoms with Crippen LogP contribution in [0.15, 0.2) is 0 Å². The van der Waals surface area contributed by atoms with E-state index in [9.17, 15) is 0 Å². The molecule has 1 rings (SSSR count). The summed E-state index contributed by atoms with van der Waals surface area (Å²) < 4.78 is 5.10. The van der Waals surface area contributed by atoms with Gasteiger partial charge >= 0.3 is 0 Å². The molecule has 0 saturated heterocycles. The second-order valence-electron chi connectivity index (χ2n) is 4.49. The third-order valence-corrected chi connectivity index (χ3v) is 3.68. The SMILES string of the molecule is CCCNCc1sc(CCOC)nc1C(C)C. The zero-order valence-electron chi connectivity index (χ0n) is 11.4. The van der Waals surface area contributed by atoms with Crippen molar-refractivity contribution in [3.05, 3.63) is 15.6 Å². The van der Waals surface area contributed by atoms with Crippen molar-refractivity contribution < 1.29 is 4.74 Å². The number of nitrogens with zero attached hydrogens (tertiary/aromatic N) is 1. The van der Waals surface area contributed by atoms with Gasteiger partial charge in [0.15, 0.2) is 0 Å². The fourth-order valence-corrected chi connectivity index (χ4v) is 2.84. The molecule has 4 heteroatoms. The molecule has 0 aromatic carbocycles. The smallest absolute Gasteiger partial charge is 0.0954 e. The molecule has 1 aromatic heterocycles. The molecule has 0 fully saturated rings. The van der Waals surface area contributed by atoms with Crippen molar-refractivity contribution in [2.45, 2.75) is 46.1 Å². The molecule has 0 spiro atoms. The van der Waals surface area contributed by atoms with Gasteiger partial charge in [-0.05, 0) is 18.9 Å². The number of ether oxygens (including phenoxy) is 1. The minimum absolute atomic E-state index is 0.501.